The minimum Gasteiger partial charge on any atom is -0.391 e. The van der Waals surface area contributed by atoms with Crippen molar-refractivity contribution in [2.75, 3.05) is 18.0 Å². The molecule has 0 unspecified atom stereocenters. The molecule has 2 aromatic heterocycles. The molecule has 0 saturated carbocycles. The van der Waals surface area contributed by atoms with E-state index in [2.05, 4.69) is 4.98 Å². The predicted octanol–water partition coefficient (Wildman–Crippen LogP) is 2.85. The van der Waals surface area contributed by atoms with Gasteiger partial charge in [0.25, 0.3) is 5.56 Å². The highest BCUT2D eigenvalue weighted by Gasteiger charge is 2.34. The number of anilines is 1. The Hall–Kier alpha value is -3.38. The van der Waals surface area contributed by atoms with E-state index in [0.29, 0.717) is 18.7 Å². The lowest BCUT2D eigenvalue weighted by Gasteiger charge is -2.23. The van der Waals surface area contributed by atoms with Gasteiger partial charge in [-0.2, -0.15) is 18.4 Å². The van der Waals surface area contributed by atoms with Crippen molar-refractivity contribution in [2.24, 2.45) is 0 Å². The van der Waals surface area contributed by atoms with E-state index in [1.54, 1.807) is 35.2 Å². The molecule has 0 radical (unpaired) electrons. The third-order valence-corrected chi connectivity index (χ3v) is 4.89. The van der Waals surface area contributed by atoms with Crippen LogP contribution in [0.1, 0.15) is 17.7 Å². The van der Waals surface area contributed by atoms with Crippen molar-refractivity contribution in [1.82, 2.24) is 9.55 Å². The Morgan fingerprint density at radius 3 is 2.48 bits per heavy atom. The second-order valence-electron chi connectivity index (χ2n) is 6.77. The highest BCUT2D eigenvalue weighted by Crippen LogP contribution is 2.34. The monoisotopic (exact) mass is 400 g/mol. The highest BCUT2D eigenvalue weighted by molar-refractivity contribution is 5.94. The molecule has 148 valence electrons. The van der Waals surface area contributed by atoms with E-state index in [-0.39, 0.29) is 28.8 Å². The molecular weight excluding hydrogens is 385 g/mol. The molecular formula is C20H15F3N4O2. The maximum atomic E-state index is 13.3. The Morgan fingerprint density at radius 2 is 1.90 bits per heavy atom. The van der Waals surface area contributed by atoms with Crippen LogP contribution in [0, 0.1) is 11.3 Å². The van der Waals surface area contributed by atoms with Gasteiger partial charge in [-0.3, -0.25) is 9.36 Å². The second kappa shape index (κ2) is 6.90. The molecule has 6 nitrogen and oxygen atoms in total. The number of alkyl halides is 3. The van der Waals surface area contributed by atoms with Crippen molar-refractivity contribution in [1.29, 1.82) is 5.26 Å². The van der Waals surface area contributed by atoms with E-state index in [4.69, 9.17) is 0 Å². The number of pyridine rings is 2. The Kier molecular flexibility index (Phi) is 4.51. The second-order valence-corrected chi connectivity index (χ2v) is 6.77. The van der Waals surface area contributed by atoms with Gasteiger partial charge in [0.15, 0.2) is 0 Å². The van der Waals surface area contributed by atoms with Crippen LogP contribution in [-0.2, 0) is 6.18 Å². The van der Waals surface area contributed by atoms with E-state index >= 15 is 0 Å². The summed E-state index contributed by atoms with van der Waals surface area (Å²) in [7, 11) is 0. The lowest BCUT2D eigenvalue weighted by molar-refractivity contribution is -0.141. The Labute approximate surface area is 163 Å². The molecule has 0 aliphatic carbocycles. The summed E-state index contributed by atoms with van der Waals surface area (Å²) >= 11 is 0. The summed E-state index contributed by atoms with van der Waals surface area (Å²) in [4.78, 5) is 18.6. The zero-order valence-electron chi connectivity index (χ0n) is 15.0. The maximum Gasteiger partial charge on any atom is 0.433 e. The summed E-state index contributed by atoms with van der Waals surface area (Å²) in [6.07, 6.45) is -4.90. The van der Waals surface area contributed by atoms with Crippen molar-refractivity contribution in [3.05, 3.63) is 64.1 Å². The molecule has 29 heavy (non-hydrogen) atoms. The Balaban J connectivity index is 2.13. The zero-order valence-corrected chi connectivity index (χ0v) is 15.0. The number of nitrogens with zero attached hydrogens (tertiary/aromatic N) is 4. The number of aromatic nitrogens is 2. The van der Waals surface area contributed by atoms with Crippen LogP contribution >= 0.6 is 0 Å². The van der Waals surface area contributed by atoms with Gasteiger partial charge in [0.1, 0.15) is 23.0 Å². The third-order valence-electron chi connectivity index (χ3n) is 4.89. The minimum atomic E-state index is -4.69. The Morgan fingerprint density at radius 1 is 1.17 bits per heavy atom. The lowest BCUT2D eigenvalue weighted by Crippen LogP contribution is -2.30. The fraction of sp³-hybridized carbons (Fsp3) is 0.250. The van der Waals surface area contributed by atoms with Crippen LogP contribution in [0.4, 0.5) is 18.9 Å². The van der Waals surface area contributed by atoms with Crippen LogP contribution in [-0.4, -0.2) is 33.9 Å². The smallest absolute Gasteiger partial charge is 0.391 e. The SMILES string of the molecule is N#Cc1c(N2CC[C@@H](O)C2)c2ccc(C(F)(F)F)nc2n(-c2ccccc2)c1=O. The van der Waals surface area contributed by atoms with Crippen molar-refractivity contribution in [3.63, 3.8) is 0 Å². The number of halogens is 3. The summed E-state index contributed by atoms with van der Waals surface area (Å²) in [6, 6.07) is 12.1. The molecule has 3 heterocycles. The van der Waals surface area contributed by atoms with Gasteiger partial charge in [0, 0.05) is 18.5 Å². The molecule has 4 rings (SSSR count). The van der Waals surface area contributed by atoms with Crippen LogP contribution in [0.2, 0.25) is 0 Å². The number of fused-ring (bicyclic) bond motifs is 1. The first-order chi connectivity index (χ1) is 13.8. The number of aliphatic hydroxyl groups excluding tert-OH is 1. The molecule has 0 spiro atoms. The topological polar surface area (TPSA) is 82.2 Å². The quantitative estimate of drug-likeness (QED) is 0.715. The predicted molar refractivity (Wildman–Crippen MR) is 99.9 cm³/mol. The maximum absolute atomic E-state index is 13.3. The number of hydrogen-bond donors (Lipinski definition) is 1. The van der Waals surface area contributed by atoms with E-state index in [1.165, 1.54) is 6.07 Å². The molecule has 1 saturated heterocycles. The number of β-amino-alcohol motifs (C(OH)–C–C–N with tert-alkyl or cyclic N) is 1. The lowest BCUT2D eigenvalue weighted by atomic mass is 10.1. The fourth-order valence-electron chi connectivity index (χ4n) is 3.60. The molecule has 1 fully saturated rings. The van der Waals surface area contributed by atoms with Crippen LogP contribution in [0.25, 0.3) is 16.7 Å². The van der Waals surface area contributed by atoms with Gasteiger partial charge in [-0.1, -0.05) is 18.2 Å². The molecule has 1 aliphatic rings. The van der Waals surface area contributed by atoms with Crippen molar-refractivity contribution >= 4 is 16.7 Å². The van der Waals surface area contributed by atoms with E-state index in [9.17, 15) is 28.3 Å². The van der Waals surface area contributed by atoms with Gasteiger partial charge in [0.2, 0.25) is 0 Å². The summed E-state index contributed by atoms with van der Waals surface area (Å²) in [6.45, 7) is 0.556. The van der Waals surface area contributed by atoms with Gasteiger partial charge in [-0.05, 0) is 30.7 Å². The molecule has 1 aliphatic heterocycles. The molecule has 1 atom stereocenters. The fourth-order valence-corrected chi connectivity index (χ4v) is 3.60. The van der Waals surface area contributed by atoms with Gasteiger partial charge in [-0.25, -0.2) is 4.98 Å². The van der Waals surface area contributed by atoms with Crippen LogP contribution < -0.4 is 10.5 Å². The largest absolute Gasteiger partial charge is 0.433 e. The average molecular weight is 400 g/mol. The minimum absolute atomic E-state index is 0.180. The standard InChI is InChI=1S/C20H15F3N4O2/c21-20(22,23)16-7-6-14-17(26-9-8-13(28)11-26)15(10-24)19(29)27(18(14)25-16)12-4-2-1-3-5-12/h1-7,13,28H,8-9,11H2/t13-/m1/s1. The summed E-state index contributed by atoms with van der Waals surface area (Å²) in [5, 5.41) is 19.8. The molecule has 1 aromatic carbocycles. The number of aliphatic hydroxyl groups is 1. The highest BCUT2D eigenvalue weighted by atomic mass is 19.4. The molecule has 0 bridgehead atoms. The van der Waals surface area contributed by atoms with E-state index in [0.717, 1.165) is 10.6 Å². The first-order valence-electron chi connectivity index (χ1n) is 8.86. The van der Waals surface area contributed by atoms with Crippen LogP contribution in [0.15, 0.2) is 47.3 Å². The van der Waals surface area contributed by atoms with Crippen LogP contribution in [0.5, 0.6) is 0 Å². The summed E-state index contributed by atoms with van der Waals surface area (Å²) in [5.41, 5.74) is -1.76. The molecule has 1 N–H and O–H groups in total. The van der Waals surface area contributed by atoms with Crippen molar-refractivity contribution in [2.45, 2.75) is 18.7 Å². The van der Waals surface area contributed by atoms with Crippen LogP contribution in [0.3, 0.4) is 0 Å². The van der Waals surface area contributed by atoms with Gasteiger partial charge in [-0.15, -0.1) is 0 Å². The average Bonchev–Trinajstić information content (AvgIpc) is 3.12. The van der Waals surface area contributed by atoms with E-state index in [1.807, 2.05) is 6.07 Å². The number of nitriles is 1. The van der Waals surface area contributed by atoms with Gasteiger partial charge < -0.3 is 10.0 Å². The molecule has 9 heteroatoms. The number of benzene rings is 1. The first kappa shape index (κ1) is 19.0. The van der Waals surface area contributed by atoms with Crippen molar-refractivity contribution in [3.8, 4) is 11.8 Å². The first-order valence-corrected chi connectivity index (χ1v) is 8.86. The van der Waals surface area contributed by atoms with Crippen molar-refractivity contribution < 1.29 is 18.3 Å². The number of hydrogen-bond acceptors (Lipinski definition) is 5. The zero-order chi connectivity index (χ0) is 20.8. The van der Waals surface area contributed by atoms with E-state index < -0.39 is 23.5 Å². The number of para-hydroxylation sites is 1. The van der Waals surface area contributed by atoms with Gasteiger partial charge >= 0.3 is 6.18 Å². The molecule has 3 aromatic rings. The number of rotatable bonds is 2. The molecule has 0 amide bonds. The summed E-state index contributed by atoms with van der Waals surface area (Å²) in [5.74, 6) is 0. The van der Waals surface area contributed by atoms with Gasteiger partial charge in [0.05, 0.1) is 17.5 Å². The third kappa shape index (κ3) is 3.21. The Bertz CT molecular complexity index is 1180. The summed E-state index contributed by atoms with van der Waals surface area (Å²) < 4.78 is 40.9. The normalized spacial score (nSPS) is 16.9.